The first kappa shape index (κ1) is 31.8. The molecule has 0 aliphatic carbocycles. The zero-order valence-electron chi connectivity index (χ0n) is 25.7. The van der Waals surface area contributed by atoms with E-state index in [-0.39, 0.29) is 53.5 Å². The molecule has 0 bridgehead atoms. The number of amides is 3. The number of hydrogen-bond acceptors (Lipinski definition) is 6. The summed E-state index contributed by atoms with van der Waals surface area (Å²) in [5.41, 5.74) is 1.96. The summed E-state index contributed by atoms with van der Waals surface area (Å²) < 4.78 is 35.1. The van der Waals surface area contributed by atoms with Gasteiger partial charge in [-0.15, -0.1) is 0 Å². The first-order valence-electron chi connectivity index (χ1n) is 14.8. The maximum Gasteiger partial charge on any atom is 0.321 e. The molecule has 0 fully saturated rings. The Kier molecular flexibility index (Phi) is 9.31. The molecule has 0 unspecified atom stereocenters. The topological polar surface area (TPSA) is 128 Å². The monoisotopic (exact) mass is 630 g/mol. The maximum atomic E-state index is 13.8. The fraction of sp³-hybridized carbons (Fsp3) is 0.294. The lowest BCUT2D eigenvalue weighted by atomic mass is 9.99. The van der Waals surface area contributed by atoms with Crippen LogP contribution in [0.3, 0.4) is 0 Å². The molecule has 4 aromatic rings. The number of aliphatic hydroxyl groups excluding tert-OH is 1. The zero-order valence-corrected chi connectivity index (χ0v) is 26.5. The molecule has 3 N–H and O–H groups in total. The van der Waals surface area contributed by atoms with Crippen LogP contribution in [0.25, 0.3) is 10.8 Å². The highest BCUT2D eigenvalue weighted by molar-refractivity contribution is 7.92. The minimum atomic E-state index is -3.92. The van der Waals surface area contributed by atoms with Crippen molar-refractivity contribution in [2.45, 2.75) is 37.8 Å². The number of rotatable bonds is 8. The summed E-state index contributed by atoms with van der Waals surface area (Å²) in [6.45, 7) is 5.74. The molecule has 1 aliphatic heterocycles. The summed E-state index contributed by atoms with van der Waals surface area (Å²) in [6, 6.07) is 23.7. The largest absolute Gasteiger partial charge is 0.487 e. The van der Waals surface area contributed by atoms with E-state index >= 15 is 0 Å². The second kappa shape index (κ2) is 13.2. The van der Waals surface area contributed by atoms with E-state index in [9.17, 15) is 23.1 Å². The number of fused-ring (bicyclic) bond motifs is 2. The van der Waals surface area contributed by atoms with Gasteiger partial charge in [0.05, 0.1) is 35.3 Å². The number of carbonyl (C=O) groups is 2. The van der Waals surface area contributed by atoms with Crippen LogP contribution >= 0.6 is 0 Å². The third-order valence-electron chi connectivity index (χ3n) is 8.08. The molecule has 0 aromatic heterocycles. The smallest absolute Gasteiger partial charge is 0.321 e. The second-order valence-electron chi connectivity index (χ2n) is 11.6. The van der Waals surface area contributed by atoms with E-state index in [1.165, 1.54) is 29.2 Å². The summed E-state index contributed by atoms with van der Waals surface area (Å²) in [5.74, 6) is -0.355. The van der Waals surface area contributed by atoms with Crippen molar-refractivity contribution in [3.8, 4) is 5.75 Å². The number of nitrogens with zero attached hydrogens (tertiary/aromatic N) is 2. The second-order valence-corrected chi connectivity index (χ2v) is 13.3. The van der Waals surface area contributed by atoms with Crippen molar-refractivity contribution in [2.75, 3.05) is 36.8 Å². The average molecular weight is 631 g/mol. The van der Waals surface area contributed by atoms with Crippen LogP contribution in [-0.4, -0.2) is 74.2 Å². The van der Waals surface area contributed by atoms with Gasteiger partial charge in [-0.1, -0.05) is 61.0 Å². The number of benzene rings is 4. The third-order valence-corrected chi connectivity index (χ3v) is 9.48. The molecule has 0 saturated carbocycles. The predicted molar refractivity (Wildman–Crippen MR) is 175 cm³/mol. The molecule has 0 radical (unpaired) electrons. The van der Waals surface area contributed by atoms with E-state index in [1.54, 1.807) is 37.1 Å². The molecule has 10 nitrogen and oxygen atoms in total. The lowest BCUT2D eigenvalue weighted by Crippen LogP contribution is -2.50. The fourth-order valence-corrected chi connectivity index (χ4v) is 6.38. The Morgan fingerprint density at radius 3 is 2.51 bits per heavy atom. The zero-order chi connectivity index (χ0) is 32.3. The van der Waals surface area contributed by atoms with E-state index in [0.29, 0.717) is 5.69 Å². The van der Waals surface area contributed by atoms with Crippen LogP contribution in [0.5, 0.6) is 5.75 Å². The number of anilines is 2. The number of nitrogens with one attached hydrogen (secondary N) is 2. The van der Waals surface area contributed by atoms with E-state index in [0.717, 1.165) is 16.3 Å². The molecular formula is C34H38N4O6S. The lowest BCUT2D eigenvalue weighted by molar-refractivity contribution is 0.0371. The van der Waals surface area contributed by atoms with E-state index in [1.807, 2.05) is 56.3 Å². The molecule has 0 saturated heterocycles. The van der Waals surface area contributed by atoms with Gasteiger partial charge in [-0.25, -0.2) is 13.2 Å². The number of aliphatic hydroxyl groups is 1. The number of aryl methyl sites for hydroxylation is 1. The van der Waals surface area contributed by atoms with Gasteiger partial charge in [-0.2, -0.15) is 0 Å². The Labute approximate surface area is 263 Å². The molecule has 3 amide bonds. The highest BCUT2D eigenvalue weighted by atomic mass is 32.2. The van der Waals surface area contributed by atoms with Crippen molar-refractivity contribution >= 4 is 44.1 Å². The van der Waals surface area contributed by atoms with Crippen molar-refractivity contribution in [3.63, 3.8) is 0 Å². The number of hydrogen-bond donors (Lipinski definition) is 3. The Hall–Kier alpha value is -4.61. The summed E-state index contributed by atoms with van der Waals surface area (Å²) in [4.78, 5) is 30.3. The summed E-state index contributed by atoms with van der Waals surface area (Å²) in [7, 11) is -2.24. The number of carbonyl (C=O) groups excluding carboxylic acids is 2. The van der Waals surface area contributed by atoms with Crippen LogP contribution in [0, 0.1) is 12.8 Å². The number of urea groups is 1. The number of ether oxygens (including phenoxy) is 1. The van der Waals surface area contributed by atoms with Crippen LogP contribution in [0.1, 0.15) is 29.8 Å². The van der Waals surface area contributed by atoms with Crippen molar-refractivity contribution in [1.82, 2.24) is 9.80 Å². The lowest BCUT2D eigenvalue weighted by Gasteiger charge is -2.38. The Morgan fingerprint density at radius 1 is 1.07 bits per heavy atom. The Morgan fingerprint density at radius 2 is 1.78 bits per heavy atom. The van der Waals surface area contributed by atoms with Crippen LogP contribution in [-0.2, 0) is 10.0 Å². The van der Waals surface area contributed by atoms with Gasteiger partial charge in [-0.05, 0) is 55.6 Å². The first-order chi connectivity index (χ1) is 21.5. The van der Waals surface area contributed by atoms with Crippen molar-refractivity contribution < 1.29 is 27.9 Å². The highest BCUT2D eigenvalue weighted by Crippen LogP contribution is 2.32. The average Bonchev–Trinajstić information content (AvgIpc) is 3.02. The van der Waals surface area contributed by atoms with Gasteiger partial charge in [0.2, 0.25) is 0 Å². The summed E-state index contributed by atoms with van der Waals surface area (Å²) >= 11 is 0. The standard InChI is InChI=1S/C34H38N4O6S/c1-22-12-15-27(16-13-22)45(42,43)36-26-14-17-31-29(18-26)33(40)38(24(3)21-39)19-23(2)32(44-31)20-37(4)34(41)35-30-11-7-9-25-8-5-6-10-28(25)30/h5-18,23-24,32,36,39H,19-21H2,1-4H3,(H,35,41)/t23-,24-,32+/m1/s1. The summed E-state index contributed by atoms with van der Waals surface area (Å²) in [6.07, 6.45) is -0.524. The molecule has 11 heteroatoms. The van der Waals surface area contributed by atoms with Crippen LogP contribution in [0.15, 0.2) is 89.8 Å². The minimum absolute atomic E-state index is 0.0941. The Balaban J connectivity index is 1.40. The van der Waals surface area contributed by atoms with Crippen molar-refractivity contribution in [1.29, 1.82) is 0 Å². The van der Waals surface area contributed by atoms with Gasteiger partial charge >= 0.3 is 6.03 Å². The third kappa shape index (κ3) is 7.05. The Bertz CT molecular complexity index is 1810. The molecule has 236 valence electrons. The normalized spacial score (nSPS) is 17.4. The van der Waals surface area contributed by atoms with Crippen LogP contribution in [0.2, 0.25) is 0 Å². The SMILES string of the molecule is Cc1ccc(S(=O)(=O)Nc2ccc3c(c2)C(=O)N([C@H](C)CO)C[C@@H](C)[C@H](CN(C)C(=O)Nc2cccc4ccccc24)O3)cc1. The van der Waals surface area contributed by atoms with E-state index in [4.69, 9.17) is 4.74 Å². The van der Waals surface area contributed by atoms with Gasteiger partial charge in [-0.3, -0.25) is 9.52 Å². The van der Waals surface area contributed by atoms with Gasteiger partial charge in [0.15, 0.2) is 0 Å². The van der Waals surface area contributed by atoms with Crippen LogP contribution < -0.4 is 14.8 Å². The minimum Gasteiger partial charge on any atom is -0.487 e. The quantitative estimate of drug-likeness (QED) is 0.241. The molecular weight excluding hydrogens is 592 g/mol. The molecule has 0 spiro atoms. The van der Waals surface area contributed by atoms with Crippen LogP contribution in [0.4, 0.5) is 16.2 Å². The van der Waals surface area contributed by atoms with Crippen molar-refractivity contribution in [2.24, 2.45) is 5.92 Å². The maximum absolute atomic E-state index is 13.8. The molecule has 5 rings (SSSR count). The first-order valence-corrected chi connectivity index (χ1v) is 16.3. The van der Waals surface area contributed by atoms with Gasteiger partial charge in [0.25, 0.3) is 15.9 Å². The molecule has 1 aliphatic rings. The fourth-order valence-electron chi connectivity index (χ4n) is 5.33. The predicted octanol–water partition coefficient (Wildman–Crippen LogP) is 5.33. The van der Waals surface area contributed by atoms with E-state index < -0.39 is 28.1 Å². The van der Waals surface area contributed by atoms with Gasteiger partial charge in [0, 0.05) is 30.6 Å². The highest BCUT2D eigenvalue weighted by Gasteiger charge is 2.34. The molecule has 1 heterocycles. The van der Waals surface area contributed by atoms with Gasteiger partial charge < -0.3 is 25.0 Å². The number of sulfonamides is 1. The molecule has 4 aromatic carbocycles. The summed E-state index contributed by atoms with van der Waals surface area (Å²) in [5, 5.41) is 14.9. The number of likely N-dealkylation sites (N-methyl/N-ethyl adjacent to an activating group) is 1. The molecule has 3 atom stereocenters. The van der Waals surface area contributed by atoms with E-state index in [2.05, 4.69) is 10.0 Å². The molecule has 45 heavy (non-hydrogen) atoms. The van der Waals surface area contributed by atoms with Crippen molar-refractivity contribution in [3.05, 3.63) is 96.1 Å². The van der Waals surface area contributed by atoms with Gasteiger partial charge in [0.1, 0.15) is 11.9 Å².